The van der Waals surface area contributed by atoms with E-state index in [1.807, 2.05) is 0 Å². The van der Waals surface area contributed by atoms with E-state index in [0.29, 0.717) is 0 Å². The Morgan fingerprint density at radius 2 is 1.56 bits per heavy atom. The van der Waals surface area contributed by atoms with Crippen LogP contribution >= 0.6 is 0 Å². The molecule has 0 spiro atoms. The summed E-state index contributed by atoms with van der Waals surface area (Å²) < 4.78 is 1.36. The van der Waals surface area contributed by atoms with Crippen LogP contribution in [0.3, 0.4) is 0 Å². The molecule has 0 N–H and O–H groups in total. The second-order valence-electron chi connectivity index (χ2n) is 5.86. The molecule has 0 unspecified atom stereocenters. The molecule has 2 saturated heterocycles. The van der Waals surface area contributed by atoms with Crippen molar-refractivity contribution < 1.29 is 4.48 Å². The van der Waals surface area contributed by atoms with Gasteiger partial charge in [-0.05, 0) is 39.4 Å². The van der Waals surface area contributed by atoms with Gasteiger partial charge in [0.2, 0.25) is 0 Å². The minimum Gasteiger partial charge on any atom is -0.326 e. The van der Waals surface area contributed by atoms with Gasteiger partial charge in [-0.15, -0.1) is 0 Å². The number of rotatable bonds is 3. The fourth-order valence-corrected chi connectivity index (χ4v) is 2.74. The van der Waals surface area contributed by atoms with Crippen LogP contribution in [-0.4, -0.2) is 56.2 Å². The van der Waals surface area contributed by atoms with Gasteiger partial charge in [0.05, 0.1) is 26.7 Å². The van der Waals surface area contributed by atoms with Gasteiger partial charge < -0.3 is 9.38 Å². The van der Waals surface area contributed by atoms with Crippen molar-refractivity contribution in [3.05, 3.63) is 0 Å². The van der Waals surface area contributed by atoms with Crippen LogP contribution in [-0.2, 0) is 0 Å². The Bertz CT molecular complexity index is 168. The highest BCUT2D eigenvalue weighted by Crippen LogP contribution is 2.16. The van der Waals surface area contributed by atoms with Gasteiger partial charge in [-0.25, -0.2) is 0 Å². The van der Waals surface area contributed by atoms with Gasteiger partial charge >= 0.3 is 0 Å². The average Bonchev–Trinajstić information content (AvgIpc) is 2.89. The van der Waals surface area contributed by atoms with Crippen LogP contribution in [0.5, 0.6) is 0 Å². The van der Waals surface area contributed by atoms with E-state index in [2.05, 4.69) is 25.9 Å². The highest BCUT2D eigenvalue weighted by atomic mass is 15.3. The Morgan fingerprint density at radius 3 is 1.94 bits per heavy atom. The second-order valence-corrected chi connectivity index (χ2v) is 5.86. The fourth-order valence-electron chi connectivity index (χ4n) is 2.74. The van der Waals surface area contributed by atoms with E-state index in [1.54, 1.807) is 0 Å². The van der Waals surface area contributed by atoms with Gasteiger partial charge in [-0.3, -0.25) is 0 Å². The van der Waals surface area contributed by atoms with Crippen molar-refractivity contribution in [3.63, 3.8) is 0 Å². The van der Waals surface area contributed by atoms with E-state index < -0.39 is 0 Å². The topological polar surface area (TPSA) is 3.24 Å². The van der Waals surface area contributed by atoms with Crippen molar-refractivity contribution in [2.45, 2.75) is 45.4 Å². The minimum absolute atomic E-state index is 1.32. The van der Waals surface area contributed by atoms with Crippen LogP contribution in [0.4, 0.5) is 0 Å². The standard InChI is InChI=1S/C9H20N.C5H11N/c1-3-4-7-10(2)8-5-6-9-10;1-6-4-2-3-5-6/h3-9H2,1-2H3;2-5H2,1H3/q+1;. The van der Waals surface area contributed by atoms with Crippen LogP contribution < -0.4 is 0 Å². The lowest BCUT2D eigenvalue weighted by molar-refractivity contribution is -0.897. The van der Waals surface area contributed by atoms with Gasteiger partial charge in [-0.1, -0.05) is 13.3 Å². The van der Waals surface area contributed by atoms with Crippen molar-refractivity contribution >= 4 is 0 Å². The van der Waals surface area contributed by atoms with Crippen LogP contribution in [0, 0.1) is 0 Å². The first-order chi connectivity index (χ1) is 7.66. The molecule has 2 nitrogen and oxygen atoms in total. The molecule has 2 heteroatoms. The van der Waals surface area contributed by atoms with Crippen molar-refractivity contribution in [1.82, 2.24) is 4.90 Å². The van der Waals surface area contributed by atoms with E-state index in [4.69, 9.17) is 0 Å². The van der Waals surface area contributed by atoms with E-state index in [9.17, 15) is 0 Å². The van der Waals surface area contributed by atoms with Crippen LogP contribution in [0.15, 0.2) is 0 Å². The Morgan fingerprint density at radius 1 is 1.00 bits per heavy atom. The molecule has 0 saturated carbocycles. The average molecular weight is 227 g/mol. The zero-order valence-electron chi connectivity index (χ0n) is 11.7. The maximum Gasteiger partial charge on any atom is 0.0786 e. The van der Waals surface area contributed by atoms with E-state index >= 15 is 0 Å². The van der Waals surface area contributed by atoms with E-state index in [0.717, 1.165) is 0 Å². The molecule has 2 rings (SSSR count). The summed E-state index contributed by atoms with van der Waals surface area (Å²) in [6.45, 7) is 9.19. The molecular weight excluding hydrogens is 196 g/mol. The summed E-state index contributed by atoms with van der Waals surface area (Å²) in [6, 6.07) is 0. The first-order valence-corrected chi connectivity index (χ1v) is 7.18. The quantitative estimate of drug-likeness (QED) is 0.670. The first kappa shape index (κ1) is 14.0. The van der Waals surface area contributed by atoms with Gasteiger partial charge in [0, 0.05) is 12.8 Å². The Kier molecular flexibility index (Phi) is 6.37. The number of unbranched alkanes of at least 4 members (excludes halogenated alkanes) is 1. The Labute approximate surface area is 102 Å². The molecule has 0 aliphatic carbocycles. The largest absolute Gasteiger partial charge is 0.326 e. The maximum atomic E-state index is 2.41. The third-order valence-corrected chi connectivity index (χ3v) is 4.03. The molecule has 0 aromatic carbocycles. The first-order valence-electron chi connectivity index (χ1n) is 7.18. The molecule has 0 aromatic rings. The Balaban J connectivity index is 0.000000181. The summed E-state index contributed by atoms with van der Waals surface area (Å²) in [5, 5.41) is 0. The summed E-state index contributed by atoms with van der Waals surface area (Å²) in [6.07, 6.45) is 8.51. The predicted molar refractivity (Wildman–Crippen MR) is 71.7 cm³/mol. The molecule has 2 aliphatic rings. The molecule has 2 aliphatic heterocycles. The zero-order chi connectivity index (χ0) is 11.9. The number of hydrogen-bond donors (Lipinski definition) is 0. The van der Waals surface area contributed by atoms with Crippen LogP contribution in [0.2, 0.25) is 0 Å². The molecule has 0 radical (unpaired) electrons. The zero-order valence-corrected chi connectivity index (χ0v) is 11.7. The van der Waals surface area contributed by atoms with Gasteiger partial charge in [0.25, 0.3) is 0 Å². The number of quaternary nitrogens is 1. The molecule has 0 amide bonds. The summed E-state index contributed by atoms with van der Waals surface area (Å²) >= 11 is 0. The minimum atomic E-state index is 1.32. The summed E-state index contributed by atoms with van der Waals surface area (Å²) in [7, 11) is 4.58. The molecule has 0 bridgehead atoms. The van der Waals surface area contributed by atoms with Crippen molar-refractivity contribution in [1.29, 1.82) is 0 Å². The molecule has 16 heavy (non-hydrogen) atoms. The SMILES string of the molecule is CCCC[N+]1(C)CCCC1.CN1CCCC1. The smallest absolute Gasteiger partial charge is 0.0786 e. The maximum absolute atomic E-state index is 2.41. The highest BCUT2D eigenvalue weighted by Gasteiger charge is 2.25. The number of likely N-dealkylation sites (tertiary alicyclic amines) is 2. The van der Waals surface area contributed by atoms with E-state index in [1.165, 1.54) is 75.7 Å². The van der Waals surface area contributed by atoms with Crippen molar-refractivity contribution in [3.8, 4) is 0 Å². The molecule has 0 aromatic heterocycles. The van der Waals surface area contributed by atoms with E-state index in [-0.39, 0.29) is 0 Å². The molecule has 2 heterocycles. The lowest BCUT2D eigenvalue weighted by Gasteiger charge is -2.28. The Hall–Kier alpha value is -0.0800. The number of nitrogens with zero attached hydrogens (tertiary/aromatic N) is 2. The summed E-state index contributed by atoms with van der Waals surface area (Å²) in [4.78, 5) is 2.36. The highest BCUT2D eigenvalue weighted by molar-refractivity contribution is 4.59. The number of hydrogen-bond acceptors (Lipinski definition) is 1. The summed E-state index contributed by atoms with van der Waals surface area (Å²) in [5.74, 6) is 0. The van der Waals surface area contributed by atoms with Gasteiger partial charge in [0.1, 0.15) is 0 Å². The second kappa shape index (κ2) is 7.29. The van der Waals surface area contributed by atoms with Crippen LogP contribution in [0.1, 0.15) is 45.4 Å². The van der Waals surface area contributed by atoms with Crippen molar-refractivity contribution in [2.75, 3.05) is 46.8 Å². The third kappa shape index (κ3) is 5.31. The predicted octanol–water partition coefficient (Wildman–Crippen LogP) is 2.74. The molecular formula is C14H31N2+. The van der Waals surface area contributed by atoms with Crippen molar-refractivity contribution in [2.24, 2.45) is 0 Å². The molecule has 96 valence electrons. The fraction of sp³-hybridized carbons (Fsp3) is 1.00. The lowest BCUT2D eigenvalue weighted by atomic mass is 10.3. The molecule has 0 atom stereocenters. The van der Waals surface area contributed by atoms with Crippen LogP contribution in [0.25, 0.3) is 0 Å². The van der Waals surface area contributed by atoms with Gasteiger partial charge in [0.15, 0.2) is 0 Å². The normalized spacial score (nSPS) is 24.2. The lowest BCUT2D eigenvalue weighted by Crippen LogP contribution is -2.41. The van der Waals surface area contributed by atoms with Gasteiger partial charge in [-0.2, -0.15) is 0 Å². The summed E-state index contributed by atoms with van der Waals surface area (Å²) in [5.41, 5.74) is 0. The third-order valence-electron chi connectivity index (χ3n) is 4.03. The molecule has 2 fully saturated rings. The monoisotopic (exact) mass is 227 g/mol.